The van der Waals surface area contributed by atoms with Crippen LogP contribution in [0.5, 0.6) is 0 Å². The first-order chi connectivity index (χ1) is 12.1. The van der Waals surface area contributed by atoms with Gasteiger partial charge in [0.15, 0.2) is 6.29 Å². The maximum atomic E-state index is 12.6. The summed E-state index contributed by atoms with van der Waals surface area (Å²) in [5, 5.41) is 2.67. The molecule has 0 aliphatic rings. The minimum Gasteiger partial charge on any atom is -0.458 e. The molecule has 0 unspecified atom stereocenters. The number of aromatic nitrogens is 1. The molecule has 0 aliphatic heterocycles. The Bertz CT molecular complexity index is 603. The molecule has 0 aliphatic carbocycles. The number of halogens is 1. The number of rotatable bonds is 9. The molecule has 1 aromatic heterocycles. The Labute approximate surface area is 163 Å². The summed E-state index contributed by atoms with van der Waals surface area (Å²) in [6.07, 6.45) is 1.32. The van der Waals surface area contributed by atoms with E-state index in [9.17, 15) is 9.59 Å². The number of carbonyl (C=O) groups excluding carboxylic acids is 2. The second kappa shape index (κ2) is 10.1. The van der Waals surface area contributed by atoms with Crippen molar-refractivity contribution in [2.75, 3.05) is 13.2 Å². The van der Waals surface area contributed by atoms with Gasteiger partial charge in [-0.15, -0.1) is 0 Å². The zero-order valence-electron chi connectivity index (χ0n) is 16.3. The van der Waals surface area contributed by atoms with Crippen LogP contribution in [-0.4, -0.2) is 47.6 Å². The number of ether oxygens (including phenoxy) is 3. The van der Waals surface area contributed by atoms with Gasteiger partial charge >= 0.3 is 5.97 Å². The Morgan fingerprint density at radius 3 is 2.31 bits per heavy atom. The van der Waals surface area contributed by atoms with Gasteiger partial charge in [0.05, 0.1) is 6.54 Å². The Morgan fingerprint density at radius 2 is 1.81 bits per heavy atom. The van der Waals surface area contributed by atoms with Crippen LogP contribution in [0.1, 0.15) is 52.0 Å². The van der Waals surface area contributed by atoms with Crippen molar-refractivity contribution >= 4 is 27.8 Å². The number of amides is 1. The topological polar surface area (TPSA) is 78.8 Å². The summed E-state index contributed by atoms with van der Waals surface area (Å²) in [6.45, 7) is 12.1. The quantitative estimate of drug-likeness (QED) is 0.478. The first-order valence-corrected chi connectivity index (χ1v) is 9.49. The van der Waals surface area contributed by atoms with Crippen LogP contribution in [0, 0.1) is 0 Å². The molecule has 1 aromatic rings. The lowest BCUT2D eigenvalue weighted by molar-refractivity contribution is -0.156. The van der Waals surface area contributed by atoms with Crippen molar-refractivity contribution in [3.8, 4) is 0 Å². The number of nitrogens with one attached hydrogen (secondary N) is 1. The minimum absolute atomic E-state index is 0.358. The molecule has 1 rings (SSSR count). The Morgan fingerprint density at radius 1 is 1.23 bits per heavy atom. The van der Waals surface area contributed by atoms with Crippen molar-refractivity contribution in [1.29, 1.82) is 0 Å². The van der Waals surface area contributed by atoms with Gasteiger partial charge in [-0.25, -0.2) is 4.79 Å². The number of hydrogen-bond acceptors (Lipinski definition) is 5. The summed E-state index contributed by atoms with van der Waals surface area (Å²) in [5.41, 5.74) is -0.210. The molecule has 1 heterocycles. The molecule has 26 heavy (non-hydrogen) atoms. The molecule has 1 N–H and O–H groups in total. The highest BCUT2D eigenvalue weighted by Crippen LogP contribution is 2.17. The molecule has 0 radical (unpaired) electrons. The Balaban J connectivity index is 2.84. The Hall–Kier alpha value is -1.38. The van der Waals surface area contributed by atoms with Crippen LogP contribution in [0.25, 0.3) is 0 Å². The van der Waals surface area contributed by atoms with Gasteiger partial charge in [0.1, 0.15) is 17.3 Å². The van der Waals surface area contributed by atoms with Gasteiger partial charge in [-0.3, -0.25) is 4.79 Å². The van der Waals surface area contributed by atoms with Gasteiger partial charge in [0.2, 0.25) is 0 Å². The fourth-order valence-electron chi connectivity index (χ4n) is 2.22. The molecule has 1 amide bonds. The maximum absolute atomic E-state index is 12.6. The first kappa shape index (κ1) is 22.7. The van der Waals surface area contributed by atoms with Crippen LogP contribution in [0.3, 0.4) is 0 Å². The zero-order chi connectivity index (χ0) is 19.9. The van der Waals surface area contributed by atoms with E-state index < -0.39 is 23.9 Å². The van der Waals surface area contributed by atoms with Gasteiger partial charge in [0, 0.05) is 23.9 Å². The van der Waals surface area contributed by atoms with Crippen molar-refractivity contribution in [3.63, 3.8) is 0 Å². The number of nitrogens with zero attached hydrogens (tertiary/aromatic N) is 1. The van der Waals surface area contributed by atoms with Crippen LogP contribution < -0.4 is 5.32 Å². The molecule has 0 fully saturated rings. The van der Waals surface area contributed by atoms with Crippen LogP contribution in [0.2, 0.25) is 0 Å². The minimum atomic E-state index is -0.765. The largest absolute Gasteiger partial charge is 0.458 e. The number of carbonyl (C=O) groups is 2. The van der Waals surface area contributed by atoms with Gasteiger partial charge in [-0.2, -0.15) is 0 Å². The van der Waals surface area contributed by atoms with Gasteiger partial charge < -0.3 is 24.1 Å². The van der Waals surface area contributed by atoms with Crippen molar-refractivity contribution in [2.45, 2.75) is 66.0 Å². The molecular weight excluding hydrogens is 404 g/mol. The van der Waals surface area contributed by atoms with Crippen molar-refractivity contribution in [1.82, 2.24) is 9.88 Å². The van der Waals surface area contributed by atoms with E-state index in [-0.39, 0.29) is 5.91 Å². The maximum Gasteiger partial charge on any atom is 0.328 e. The average molecular weight is 433 g/mol. The molecule has 0 saturated carbocycles. The van der Waals surface area contributed by atoms with Crippen LogP contribution in [0.15, 0.2) is 16.7 Å². The molecule has 0 bridgehead atoms. The molecule has 148 valence electrons. The lowest BCUT2D eigenvalue weighted by Gasteiger charge is -2.23. The van der Waals surface area contributed by atoms with Crippen LogP contribution in [0.4, 0.5) is 0 Å². The molecule has 0 spiro atoms. The third kappa shape index (κ3) is 7.47. The molecule has 0 aromatic carbocycles. The van der Waals surface area contributed by atoms with Gasteiger partial charge in [0.25, 0.3) is 5.91 Å². The number of hydrogen-bond donors (Lipinski definition) is 1. The van der Waals surface area contributed by atoms with Crippen molar-refractivity contribution in [3.05, 3.63) is 22.4 Å². The molecule has 1 atom stereocenters. The lowest BCUT2D eigenvalue weighted by atomic mass is 10.2. The van der Waals surface area contributed by atoms with E-state index in [1.165, 1.54) is 0 Å². The summed E-state index contributed by atoms with van der Waals surface area (Å²) < 4.78 is 18.9. The average Bonchev–Trinajstić information content (AvgIpc) is 2.86. The SMILES string of the molecule is CCOC(Cn1cc(Br)cc1C(=O)N[C@@H](C)C(=O)OC(C)(C)C)OCC. The van der Waals surface area contributed by atoms with E-state index in [1.807, 2.05) is 13.8 Å². The molecule has 7 nitrogen and oxygen atoms in total. The number of esters is 1. The van der Waals surface area contributed by atoms with Crippen molar-refractivity contribution < 1.29 is 23.8 Å². The Kier molecular flexibility index (Phi) is 8.79. The summed E-state index contributed by atoms with van der Waals surface area (Å²) in [4.78, 5) is 24.7. The predicted molar refractivity (Wildman–Crippen MR) is 102 cm³/mol. The summed E-state index contributed by atoms with van der Waals surface area (Å²) in [5.74, 6) is -0.856. The van der Waals surface area contributed by atoms with Gasteiger partial charge in [-0.1, -0.05) is 0 Å². The summed E-state index contributed by atoms with van der Waals surface area (Å²) >= 11 is 3.38. The highest BCUT2D eigenvalue weighted by Gasteiger charge is 2.25. The highest BCUT2D eigenvalue weighted by atomic mass is 79.9. The lowest BCUT2D eigenvalue weighted by Crippen LogP contribution is -2.43. The second-order valence-electron chi connectivity index (χ2n) is 6.76. The normalized spacial score (nSPS) is 12.9. The molecule has 8 heteroatoms. The smallest absolute Gasteiger partial charge is 0.328 e. The van der Waals surface area contributed by atoms with E-state index in [2.05, 4.69) is 21.2 Å². The van der Waals surface area contributed by atoms with E-state index in [0.717, 1.165) is 4.47 Å². The first-order valence-electron chi connectivity index (χ1n) is 8.70. The van der Waals surface area contributed by atoms with E-state index in [1.54, 1.807) is 44.5 Å². The zero-order valence-corrected chi connectivity index (χ0v) is 17.9. The summed E-state index contributed by atoms with van der Waals surface area (Å²) in [6, 6.07) is 0.921. The second-order valence-corrected chi connectivity index (χ2v) is 7.68. The summed E-state index contributed by atoms with van der Waals surface area (Å²) in [7, 11) is 0. The van der Waals surface area contributed by atoms with Crippen LogP contribution in [-0.2, 0) is 25.5 Å². The van der Waals surface area contributed by atoms with Crippen molar-refractivity contribution in [2.24, 2.45) is 0 Å². The van der Waals surface area contributed by atoms with E-state index >= 15 is 0 Å². The third-order valence-electron chi connectivity index (χ3n) is 3.25. The standard InChI is InChI=1S/C18H29BrN2O5/c1-7-24-15(25-8-2)11-21-10-13(19)9-14(21)16(22)20-12(3)17(23)26-18(4,5)6/h9-10,12,15H,7-8,11H2,1-6H3,(H,20,22)/t12-/m0/s1. The van der Waals surface area contributed by atoms with E-state index in [0.29, 0.717) is 25.5 Å². The fourth-order valence-corrected chi connectivity index (χ4v) is 2.69. The molecular formula is C18H29BrN2O5. The van der Waals surface area contributed by atoms with Gasteiger partial charge in [-0.05, 0) is 63.5 Å². The van der Waals surface area contributed by atoms with E-state index in [4.69, 9.17) is 14.2 Å². The monoisotopic (exact) mass is 432 g/mol. The predicted octanol–water partition coefficient (Wildman–Crippen LogP) is 3.11. The highest BCUT2D eigenvalue weighted by molar-refractivity contribution is 9.10. The third-order valence-corrected chi connectivity index (χ3v) is 3.69. The molecule has 0 saturated heterocycles. The van der Waals surface area contributed by atoms with Crippen LogP contribution >= 0.6 is 15.9 Å². The fraction of sp³-hybridized carbons (Fsp3) is 0.667.